The molecule has 0 bridgehead atoms. The Balaban J connectivity index is 2.11. The Morgan fingerprint density at radius 3 is 2.81 bits per heavy atom. The lowest BCUT2D eigenvalue weighted by Gasteiger charge is -2.11. The molecule has 21 heavy (non-hydrogen) atoms. The van der Waals surface area contributed by atoms with Gasteiger partial charge in [-0.15, -0.1) is 11.3 Å². The van der Waals surface area contributed by atoms with Crippen molar-refractivity contribution in [2.75, 3.05) is 0 Å². The quantitative estimate of drug-likeness (QED) is 0.891. The minimum absolute atomic E-state index is 0.0752. The van der Waals surface area contributed by atoms with Crippen LogP contribution in [-0.4, -0.2) is 15.9 Å². The van der Waals surface area contributed by atoms with Crippen LogP contribution >= 0.6 is 11.3 Å². The first-order valence-electron chi connectivity index (χ1n) is 6.96. The van der Waals surface area contributed by atoms with Gasteiger partial charge in [0.2, 0.25) is 5.56 Å². The fourth-order valence-electron chi connectivity index (χ4n) is 1.99. The number of nitrogens with zero attached hydrogens (tertiary/aromatic N) is 1. The summed E-state index contributed by atoms with van der Waals surface area (Å²) in [6.45, 7) is 6.33. The molecule has 0 saturated carbocycles. The maximum absolute atomic E-state index is 12.3. The number of rotatable bonds is 5. The predicted octanol–water partition coefficient (Wildman–Crippen LogP) is 2.45. The number of aromatic amines is 1. The average Bonchev–Trinajstić information content (AvgIpc) is 2.92. The van der Waals surface area contributed by atoms with E-state index in [2.05, 4.69) is 15.3 Å². The zero-order valence-corrected chi connectivity index (χ0v) is 13.2. The van der Waals surface area contributed by atoms with Crippen LogP contribution in [0.4, 0.5) is 0 Å². The summed E-state index contributed by atoms with van der Waals surface area (Å²) in [5.74, 6) is -0.116. The standard InChI is InChI=1S/C15H19N3O2S/c1-4-10-8-21-13(17-10)7-16-15(20)11-5-6-12(19)18-14(11)9(2)3/h5-6,8-9H,4,7H2,1-3H3,(H,16,20)(H,18,19). The molecule has 1 amide bonds. The number of aryl methyl sites for hydroxylation is 1. The van der Waals surface area contributed by atoms with Gasteiger partial charge in [0, 0.05) is 17.1 Å². The number of thiazole rings is 1. The lowest BCUT2D eigenvalue weighted by molar-refractivity contribution is 0.0949. The first-order valence-corrected chi connectivity index (χ1v) is 7.84. The van der Waals surface area contributed by atoms with Gasteiger partial charge < -0.3 is 10.3 Å². The molecule has 0 atom stereocenters. The van der Waals surface area contributed by atoms with Crippen LogP contribution < -0.4 is 10.9 Å². The second-order valence-electron chi connectivity index (χ2n) is 5.07. The van der Waals surface area contributed by atoms with Crippen LogP contribution in [0.15, 0.2) is 22.3 Å². The number of nitrogens with one attached hydrogen (secondary N) is 2. The van der Waals surface area contributed by atoms with Crippen LogP contribution in [0.2, 0.25) is 0 Å². The van der Waals surface area contributed by atoms with Crippen molar-refractivity contribution in [3.05, 3.63) is 49.8 Å². The maximum atomic E-state index is 12.3. The summed E-state index contributed by atoms with van der Waals surface area (Å²) >= 11 is 1.54. The number of carbonyl (C=O) groups is 1. The molecule has 0 spiro atoms. The van der Waals surface area contributed by atoms with Gasteiger partial charge in [0.1, 0.15) is 5.01 Å². The summed E-state index contributed by atoms with van der Waals surface area (Å²) in [5, 5.41) is 5.74. The summed E-state index contributed by atoms with van der Waals surface area (Å²) in [4.78, 5) is 30.8. The van der Waals surface area contributed by atoms with Crippen LogP contribution in [0, 0.1) is 0 Å². The third-order valence-corrected chi connectivity index (χ3v) is 4.03. The van der Waals surface area contributed by atoms with Gasteiger partial charge in [-0.05, 0) is 18.4 Å². The third kappa shape index (κ3) is 3.78. The van der Waals surface area contributed by atoms with Gasteiger partial charge in [-0.2, -0.15) is 0 Å². The lowest BCUT2D eigenvalue weighted by atomic mass is 10.0. The molecule has 0 aliphatic rings. The molecule has 2 N–H and O–H groups in total. The van der Waals surface area contributed by atoms with E-state index in [4.69, 9.17) is 0 Å². The Bertz CT molecular complexity index is 688. The van der Waals surface area contributed by atoms with Gasteiger partial charge in [0.15, 0.2) is 0 Å². The molecule has 2 aromatic heterocycles. The molecule has 0 saturated heterocycles. The fraction of sp³-hybridized carbons (Fsp3) is 0.400. The molecule has 0 aliphatic carbocycles. The average molecular weight is 305 g/mol. The summed E-state index contributed by atoms with van der Waals surface area (Å²) in [7, 11) is 0. The van der Waals surface area contributed by atoms with E-state index in [1.54, 1.807) is 17.4 Å². The molecular weight excluding hydrogens is 286 g/mol. The Kier molecular flexibility index (Phi) is 4.90. The number of hydrogen-bond acceptors (Lipinski definition) is 4. The minimum Gasteiger partial charge on any atom is -0.345 e. The predicted molar refractivity (Wildman–Crippen MR) is 83.8 cm³/mol. The molecule has 0 radical (unpaired) electrons. The SMILES string of the molecule is CCc1csc(CNC(=O)c2ccc(=O)[nH]c2C(C)C)n1. The zero-order chi connectivity index (χ0) is 15.4. The van der Waals surface area contributed by atoms with Crippen molar-refractivity contribution in [3.63, 3.8) is 0 Å². The van der Waals surface area contributed by atoms with Crippen LogP contribution in [0.25, 0.3) is 0 Å². The number of amides is 1. The van der Waals surface area contributed by atoms with Gasteiger partial charge in [-0.3, -0.25) is 9.59 Å². The fourth-order valence-corrected chi connectivity index (χ4v) is 2.80. The van der Waals surface area contributed by atoms with Crippen LogP contribution in [0.1, 0.15) is 53.4 Å². The van der Waals surface area contributed by atoms with Crippen molar-refractivity contribution in [2.24, 2.45) is 0 Å². The highest BCUT2D eigenvalue weighted by atomic mass is 32.1. The number of carbonyl (C=O) groups excluding carboxylic acids is 1. The smallest absolute Gasteiger partial charge is 0.253 e. The summed E-state index contributed by atoms with van der Waals surface area (Å²) in [6, 6.07) is 2.95. The Hall–Kier alpha value is -1.95. The first-order chi connectivity index (χ1) is 10.0. The van der Waals surface area contributed by atoms with Gasteiger partial charge in [0.25, 0.3) is 5.91 Å². The molecule has 2 heterocycles. The van der Waals surface area contributed by atoms with E-state index in [0.717, 1.165) is 17.1 Å². The van der Waals surface area contributed by atoms with Crippen LogP contribution in [0.3, 0.4) is 0 Å². The number of aromatic nitrogens is 2. The van der Waals surface area contributed by atoms with Crippen molar-refractivity contribution < 1.29 is 4.79 Å². The van der Waals surface area contributed by atoms with E-state index in [9.17, 15) is 9.59 Å². The summed E-state index contributed by atoms with van der Waals surface area (Å²) in [5.41, 5.74) is 2.02. The normalized spacial score (nSPS) is 10.9. The molecule has 0 aromatic carbocycles. The zero-order valence-electron chi connectivity index (χ0n) is 12.4. The van der Waals surface area contributed by atoms with E-state index in [1.807, 2.05) is 26.2 Å². The molecule has 0 unspecified atom stereocenters. The molecule has 2 aromatic rings. The molecular formula is C15H19N3O2S. The molecule has 2 rings (SSSR count). The van der Waals surface area contributed by atoms with Crippen LogP contribution in [0.5, 0.6) is 0 Å². The summed E-state index contributed by atoms with van der Waals surface area (Å²) < 4.78 is 0. The van der Waals surface area contributed by atoms with Gasteiger partial charge in [-0.25, -0.2) is 4.98 Å². The Morgan fingerprint density at radius 1 is 1.43 bits per heavy atom. The van der Waals surface area contributed by atoms with Crippen molar-refractivity contribution >= 4 is 17.2 Å². The van der Waals surface area contributed by atoms with E-state index >= 15 is 0 Å². The van der Waals surface area contributed by atoms with Crippen molar-refractivity contribution in [1.82, 2.24) is 15.3 Å². The third-order valence-electron chi connectivity index (χ3n) is 3.13. The topological polar surface area (TPSA) is 74.8 Å². The number of pyridine rings is 1. The second-order valence-corrected chi connectivity index (χ2v) is 6.02. The Morgan fingerprint density at radius 2 is 2.19 bits per heavy atom. The maximum Gasteiger partial charge on any atom is 0.253 e. The summed E-state index contributed by atoms with van der Waals surface area (Å²) in [6.07, 6.45) is 0.891. The van der Waals surface area contributed by atoms with E-state index in [1.165, 1.54) is 6.07 Å². The van der Waals surface area contributed by atoms with Crippen molar-refractivity contribution in [2.45, 2.75) is 39.7 Å². The van der Waals surface area contributed by atoms with E-state index in [0.29, 0.717) is 17.8 Å². The number of hydrogen-bond donors (Lipinski definition) is 2. The highest BCUT2D eigenvalue weighted by Crippen LogP contribution is 2.15. The molecule has 0 aliphatic heterocycles. The first kappa shape index (κ1) is 15.4. The minimum atomic E-state index is -0.192. The van der Waals surface area contributed by atoms with Crippen molar-refractivity contribution in [3.8, 4) is 0 Å². The van der Waals surface area contributed by atoms with E-state index in [-0.39, 0.29) is 17.4 Å². The van der Waals surface area contributed by atoms with Gasteiger partial charge >= 0.3 is 0 Å². The molecule has 5 nitrogen and oxygen atoms in total. The van der Waals surface area contributed by atoms with Crippen LogP contribution in [-0.2, 0) is 13.0 Å². The lowest BCUT2D eigenvalue weighted by Crippen LogP contribution is -2.26. The monoisotopic (exact) mass is 305 g/mol. The molecule has 6 heteroatoms. The van der Waals surface area contributed by atoms with E-state index < -0.39 is 0 Å². The number of H-pyrrole nitrogens is 1. The van der Waals surface area contributed by atoms with Gasteiger partial charge in [0.05, 0.1) is 17.8 Å². The highest BCUT2D eigenvalue weighted by Gasteiger charge is 2.15. The second kappa shape index (κ2) is 6.67. The van der Waals surface area contributed by atoms with Gasteiger partial charge in [-0.1, -0.05) is 20.8 Å². The molecule has 112 valence electrons. The Labute approximate surface area is 127 Å². The largest absolute Gasteiger partial charge is 0.345 e. The highest BCUT2D eigenvalue weighted by molar-refractivity contribution is 7.09. The van der Waals surface area contributed by atoms with Crippen molar-refractivity contribution in [1.29, 1.82) is 0 Å². The molecule has 0 fully saturated rings.